The second kappa shape index (κ2) is 13.4. The van der Waals surface area contributed by atoms with Gasteiger partial charge in [-0.25, -0.2) is 0 Å². The van der Waals surface area contributed by atoms with Crippen molar-refractivity contribution in [2.45, 2.75) is 60.2 Å². The Morgan fingerprint density at radius 3 is 2.20 bits per heavy atom. The van der Waals surface area contributed by atoms with E-state index in [9.17, 15) is 0 Å². The van der Waals surface area contributed by atoms with Gasteiger partial charge in [-0.1, -0.05) is 88.4 Å². The normalized spacial score (nSPS) is 14.0. The van der Waals surface area contributed by atoms with Crippen LogP contribution in [-0.2, 0) is 31.9 Å². The summed E-state index contributed by atoms with van der Waals surface area (Å²) in [7, 11) is 0. The van der Waals surface area contributed by atoms with Crippen LogP contribution in [0.1, 0.15) is 65.1 Å². The second-order valence-corrected chi connectivity index (χ2v) is 14.1. The Hall–Kier alpha value is -4.57. The van der Waals surface area contributed by atoms with Crippen LogP contribution in [0.4, 0.5) is 0 Å². The summed E-state index contributed by atoms with van der Waals surface area (Å²) in [6.07, 6.45) is 1.20. The van der Waals surface area contributed by atoms with Crippen molar-refractivity contribution >= 4 is 43.9 Å². The Bertz CT molecular complexity index is 2610. The maximum Gasteiger partial charge on any atom is 0.136 e. The van der Waals surface area contributed by atoms with Crippen molar-refractivity contribution in [2.75, 3.05) is 0 Å². The van der Waals surface area contributed by atoms with Crippen LogP contribution in [0.5, 0.6) is 0 Å². The third kappa shape index (κ3) is 7.10. The Labute approximate surface area is 309 Å². The number of hydrogen-bond acceptors (Lipinski definition) is 4. The van der Waals surface area contributed by atoms with Crippen molar-refractivity contribution in [3.8, 4) is 22.5 Å². The van der Waals surface area contributed by atoms with Gasteiger partial charge >= 0.3 is 0 Å². The molecule has 0 unspecified atom stereocenters. The number of fused-ring (bicyclic) bond motifs is 6. The van der Waals surface area contributed by atoms with Gasteiger partial charge in [0.2, 0.25) is 0 Å². The van der Waals surface area contributed by atoms with Crippen LogP contribution in [0.25, 0.3) is 66.4 Å². The van der Waals surface area contributed by atoms with Gasteiger partial charge in [-0.05, 0) is 70.8 Å². The molecule has 0 aliphatic heterocycles. The van der Waals surface area contributed by atoms with Gasteiger partial charge in [0.05, 0.1) is 5.58 Å². The molecule has 8 rings (SSSR count). The summed E-state index contributed by atoms with van der Waals surface area (Å²) >= 11 is 0. The molecule has 4 heterocycles. The number of pyridine rings is 2. The first-order valence-electron chi connectivity index (χ1n) is 18.6. The van der Waals surface area contributed by atoms with Gasteiger partial charge in [-0.3, -0.25) is 0 Å². The zero-order valence-electron chi connectivity index (χ0n) is 33.4. The third-order valence-electron chi connectivity index (χ3n) is 8.21. The molecule has 0 amide bonds. The molecule has 4 nitrogen and oxygen atoms in total. The van der Waals surface area contributed by atoms with Crippen molar-refractivity contribution < 1.29 is 35.8 Å². The van der Waals surface area contributed by atoms with Gasteiger partial charge in [0, 0.05) is 55.5 Å². The van der Waals surface area contributed by atoms with E-state index in [4.69, 9.17) is 15.7 Å². The maximum atomic E-state index is 8.83. The van der Waals surface area contributed by atoms with Crippen LogP contribution in [0.3, 0.4) is 0 Å². The molecule has 0 N–H and O–H groups in total. The number of aryl methyl sites for hydroxylation is 1. The summed E-state index contributed by atoms with van der Waals surface area (Å²) in [5.74, 6) is 0. The summed E-state index contributed by atoms with van der Waals surface area (Å²) < 4.78 is 54.0. The molecule has 249 valence electrons. The molecule has 0 aliphatic rings. The zero-order chi connectivity index (χ0) is 37.9. The minimum absolute atomic E-state index is 0. The molecular formula is C44H40IrN2O2-2. The zero-order valence-corrected chi connectivity index (χ0v) is 30.8. The molecule has 49 heavy (non-hydrogen) atoms. The summed E-state index contributed by atoms with van der Waals surface area (Å²) in [6.45, 7) is 9.37. The third-order valence-corrected chi connectivity index (χ3v) is 8.21. The van der Waals surface area contributed by atoms with Crippen molar-refractivity contribution in [3.63, 3.8) is 0 Å². The van der Waals surface area contributed by atoms with E-state index in [0.717, 1.165) is 44.0 Å². The van der Waals surface area contributed by atoms with E-state index < -0.39 is 18.6 Å². The van der Waals surface area contributed by atoms with E-state index in [-0.39, 0.29) is 36.6 Å². The van der Waals surface area contributed by atoms with Gasteiger partial charge in [-0.2, -0.15) is 0 Å². The van der Waals surface area contributed by atoms with Gasteiger partial charge in [0.1, 0.15) is 16.7 Å². The Morgan fingerprint density at radius 1 is 0.714 bits per heavy atom. The molecule has 5 heteroatoms. The molecule has 4 aromatic heterocycles. The SMILES string of the molecule is CC(C)(C)c1ccnc(-c2[c-]cccc2)c1.[2H]C([2H])([2H])c1cnc(-c2[c-]ccc3c2oc2cc4c(cc23)oc2ccccc24)cc1C([2H])([2H])C(C)(C)C.[Ir]. The van der Waals surface area contributed by atoms with E-state index in [1.807, 2.05) is 72.9 Å². The second-order valence-electron chi connectivity index (χ2n) is 14.1. The van der Waals surface area contributed by atoms with E-state index in [1.54, 1.807) is 26.8 Å². The topological polar surface area (TPSA) is 52.1 Å². The van der Waals surface area contributed by atoms with Crippen LogP contribution in [0.2, 0.25) is 0 Å². The minimum Gasteiger partial charge on any atom is -0.501 e. The van der Waals surface area contributed by atoms with Crippen molar-refractivity contribution in [1.29, 1.82) is 0 Å². The van der Waals surface area contributed by atoms with E-state index in [2.05, 4.69) is 55.0 Å². The Kier molecular flexibility index (Phi) is 7.73. The predicted molar refractivity (Wildman–Crippen MR) is 198 cm³/mol. The fraction of sp³-hybridized carbons (Fsp3) is 0.227. The molecular weight excluding hydrogens is 781 g/mol. The van der Waals surface area contributed by atoms with Crippen molar-refractivity contribution in [1.82, 2.24) is 9.97 Å². The number of benzene rings is 4. The van der Waals surface area contributed by atoms with Crippen LogP contribution >= 0.6 is 0 Å². The molecule has 4 aromatic carbocycles. The molecule has 0 atom stereocenters. The Balaban J connectivity index is 0.000000246. The predicted octanol–water partition coefficient (Wildman–Crippen LogP) is 12.1. The first-order chi connectivity index (χ1) is 24.9. The molecule has 0 fully saturated rings. The first kappa shape index (κ1) is 28.3. The number of para-hydroxylation sites is 1. The van der Waals surface area contributed by atoms with Crippen LogP contribution in [-0.4, -0.2) is 9.97 Å². The molecule has 0 saturated carbocycles. The smallest absolute Gasteiger partial charge is 0.136 e. The number of rotatable bonds is 3. The number of furan rings is 2. The Morgan fingerprint density at radius 2 is 1.47 bits per heavy atom. The summed E-state index contributed by atoms with van der Waals surface area (Å²) in [4.78, 5) is 8.83. The van der Waals surface area contributed by atoms with Gasteiger partial charge in [-0.15, -0.1) is 54.1 Å². The average molecular weight is 826 g/mol. The molecule has 0 aliphatic carbocycles. The van der Waals surface area contributed by atoms with Crippen molar-refractivity contribution in [3.05, 3.63) is 132 Å². The van der Waals surface area contributed by atoms with Gasteiger partial charge in [0.25, 0.3) is 0 Å². The minimum atomic E-state index is -2.51. The van der Waals surface area contributed by atoms with Crippen LogP contribution < -0.4 is 0 Å². The van der Waals surface area contributed by atoms with E-state index in [1.165, 1.54) is 17.8 Å². The molecule has 8 aromatic rings. The molecule has 0 bridgehead atoms. The van der Waals surface area contributed by atoms with E-state index >= 15 is 0 Å². The average Bonchev–Trinajstić information content (AvgIpc) is 3.67. The number of nitrogens with zero attached hydrogens (tertiary/aromatic N) is 2. The van der Waals surface area contributed by atoms with Gasteiger partial charge in [0.15, 0.2) is 0 Å². The largest absolute Gasteiger partial charge is 0.501 e. The maximum absolute atomic E-state index is 8.83. The monoisotopic (exact) mass is 826 g/mol. The molecule has 1 radical (unpaired) electrons. The van der Waals surface area contributed by atoms with Crippen molar-refractivity contribution in [2.24, 2.45) is 5.41 Å². The fourth-order valence-corrected chi connectivity index (χ4v) is 5.85. The van der Waals surface area contributed by atoms with E-state index in [0.29, 0.717) is 22.4 Å². The molecule has 0 saturated heterocycles. The summed E-state index contributed by atoms with van der Waals surface area (Å²) in [5, 5.41) is 3.67. The van der Waals surface area contributed by atoms with Crippen LogP contribution in [0.15, 0.2) is 112 Å². The standard InChI is InChI=1S/C29H24NO2.C15H16N.Ir/c1-17-16-30-24(12-18(17)15-29(2,3)4)21-10-7-9-20-23-14-26-22(13-27(23)32-28(20)21)19-8-5-6-11-25(19)31-26;1-15(2,3)13-9-10-16-14(11-13)12-7-5-4-6-8-12;/h5-9,11-14,16H,15H2,1-4H3;4-7,9-11H,1-3H3;/q2*-1;/i1D3,15D2;;. The fourth-order valence-electron chi connectivity index (χ4n) is 5.85. The number of hydrogen-bond donors (Lipinski definition) is 0. The van der Waals surface area contributed by atoms with Gasteiger partial charge < -0.3 is 18.8 Å². The molecule has 0 spiro atoms. The quantitative estimate of drug-likeness (QED) is 0.167. The summed E-state index contributed by atoms with van der Waals surface area (Å²) in [5.41, 5.74) is 6.38. The summed E-state index contributed by atoms with van der Waals surface area (Å²) in [6, 6.07) is 35.5. The first-order valence-corrected chi connectivity index (χ1v) is 16.1. The van der Waals surface area contributed by atoms with Crippen LogP contribution in [0, 0.1) is 24.4 Å². The number of aromatic nitrogens is 2.